The lowest BCUT2D eigenvalue weighted by Gasteiger charge is -2.11. The summed E-state index contributed by atoms with van der Waals surface area (Å²) >= 11 is 5.95. The quantitative estimate of drug-likeness (QED) is 0.846. The fraction of sp³-hybridized carbons (Fsp3) is 0.417. The Kier molecular flexibility index (Phi) is 4.55. The molecular weight excluding hydrogens is 258 g/mol. The van der Waals surface area contributed by atoms with Gasteiger partial charge in [-0.05, 0) is 31.0 Å². The number of nitriles is 1. The molecule has 1 rings (SSSR count). The largest absolute Gasteiger partial charge is 0.228 e. The molecular formula is C12H14ClNO2S. The highest BCUT2D eigenvalue weighted by molar-refractivity contribution is 7.91. The minimum absolute atomic E-state index is 0.0768. The fourth-order valence-electron chi connectivity index (χ4n) is 1.35. The molecule has 0 aromatic heterocycles. The Bertz CT molecular complexity index is 546. The van der Waals surface area contributed by atoms with Gasteiger partial charge in [0.2, 0.25) is 0 Å². The Labute approximate surface area is 107 Å². The molecule has 5 heteroatoms. The first-order valence-corrected chi connectivity index (χ1v) is 7.40. The van der Waals surface area contributed by atoms with E-state index in [1.807, 2.05) is 13.0 Å². The first-order valence-electron chi connectivity index (χ1n) is 5.30. The van der Waals surface area contributed by atoms with Gasteiger partial charge in [-0.25, -0.2) is 8.42 Å². The summed E-state index contributed by atoms with van der Waals surface area (Å²) in [5.74, 6) is -0.0768. The average Bonchev–Trinajstić information content (AvgIpc) is 2.30. The maximum Gasteiger partial charge on any atom is 0.157 e. The van der Waals surface area contributed by atoms with Gasteiger partial charge in [0.05, 0.1) is 22.6 Å². The number of hydrogen-bond donors (Lipinski definition) is 0. The first kappa shape index (κ1) is 14.0. The lowest BCUT2D eigenvalue weighted by Crippen LogP contribution is -2.18. The normalized spacial score (nSPS) is 13.1. The lowest BCUT2D eigenvalue weighted by molar-refractivity contribution is 0.580. The topological polar surface area (TPSA) is 57.9 Å². The zero-order valence-corrected chi connectivity index (χ0v) is 11.3. The summed E-state index contributed by atoms with van der Waals surface area (Å²) in [6.07, 6.45) is 0.580. The summed E-state index contributed by atoms with van der Waals surface area (Å²) in [6.45, 7) is 3.52. The van der Waals surface area contributed by atoms with E-state index >= 15 is 0 Å². The molecule has 0 radical (unpaired) electrons. The Hall–Kier alpha value is -1.05. The summed E-state index contributed by atoms with van der Waals surface area (Å²) < 4.78 is 23.8. The molecule has 17 heavy (non-hydrogen) atoms. The van der Waals surface area contributed by atoms with Crippen LogP contribution in [-0.2, 0) is 15.6 Å². The highest BCUT2D eigenvalue weighted by atomic mass is 35.5. The van der Waals surface area contributed by atoms with Crippen LogP contribution in [0.1, 0.15) is 31.4 Å². The molecule has 92 valence electrons. The molecule has 0 saturated carbocycles. The molecule has 1 unspecified atom stereocenters. The Morgan fingerprint density at radius 1 is 1.47 bits per heavy atom. The van der Waals surface area contributed by atoms with E-state index in [9.17, 15) is 8.42 Å². The van der Waals surface area contributed by atoms with Crippen molar-refractivity contribution in [1.82, 2.24) is 0 Å². The van der Waals surface area contributed by atoms with Crippen molar-refractivity contribution in [2.24, 2.45) is 0 Å². The fourth-order valence-corrected chi connectivity index (χ4v) is 3.15. The molecule has 0 spiro atoms. The van der Waals surface area contributed by atoms with Crippen LogP contribution >= 0.6 is 11.6 Å². The van der Waals surface area contributed by atoms with Crippen molar-refractivity contribution in [3.8, 4) is 6.07 Å². The molecule has 0 heterocycles. The molecule has 0 aliphatic carbocycles. The van der Waals surface area contributed by atoms with E-state index in [1.165, 1.54) is 6.07 Å². The van der Waals surface area contributed by atoms with Gasteiger partial charge in [-0.2, -0.15) is 5.26 Å². The Morgan fingerprint density at radius 3 is 2.59 bits per heavy atom. The smallest absolute Gasteiger partial charge is 0.157 e. The minimum atomic E-state index is -3.17. The van der Waals surface area contributed by atoms with Crippen LogP contribution in [0.4, 0.5) is 0 Å². The zero-order valence-electron chi connectivity index (χ0n) is 9.77. The second-order valence-corrected chi connectivity index (χ2v) is 6.77. The molecule has 1 aromatic carbocycles. The molecule has 0 aliphatic rings. The SMILES string of the molecule is CCC(C)S(=O)(=O)Cc1ccc(C#N)cc1Cl. The molecule has 0 bridgehead atoms. The van der Waals surface area contributed by atoms with E-state index in [2.05, 4.69) is 0 Å². The van der Waals surface area contributed by atoms with Gasteiger partial charge in [0.1, 0.15) is 0 Å². The molecule has 0 fully saturated rings. The third-order valence-corrected chi connectivity index (χ3v) is 5.35. The highest BCUT2D eigenvalue weighted by Crippen LogP contribution is 2.22. The van der Waals surface area contributed by atoms with Crippen molar-refractivity contribution >= 4 is 21.4 Å². The van der Waals surface area contributed by atoms with Crippen LogP contribution in [0.2, 0.25) is 5.02 Å². The predicted octanol–water partition coefficient (Wildman–Crippen LogP) is 2.92. The average molecular weight is 272 g/mol. The van der Waals surface area contributed by atoms with Crippen LogP contribution in [0, 0.1) is 11.3 Å². The van der Waals surface area contributed by atoms with Crippen LogP contribution in [0.15, 0.2) is 18.2 Å². The summed E-state index contributed by atoms with van der Waals surface area (Å²) in [5, 5.41) is 8.63. The lowest BCUT2D eigenvalue weighted by atomic mass is 10.2. The van der Waals surface area contributed by atoms with Crippen molar-refractivity contribution in [3.63, 3.8) is 0 Å². The molecule has 0 saturated heterocycles. The van der Waals surface area contributed by atoms with Crippen molar-refractivity contribution in [1.29, 1.82) is 5.26 Å². The summed E-state index contributed by atoms with van der Waals surface area (Å²) in [7, 11) is -3.17. The van der Waals surface area contributed by atoms with Gasteiger partial charge >= 0.3 is 0 Å². The molecule has 1 atom stereocenters. The molecule has 1 aromatic rings. The van der Waals surface area contributed by atoms with Gasteiger partial charge in [-0.15, -0.1) is 0 Å². The van der Waals surface area contributed by atoms with Crippen LogP contribution in [0.3, 0.4) is 0 Å². The molecule has 0 N–H and O–H groups in total. The third kappa shape index (κ3) is 3.45. The van der Waals surface area contributed by atoms with Gasteiger partial charge < -0.3 is 0 Å². The van der Waals surface area contributed by atoms with Gasteiger partial charge in [0.15, 0.2) is 9.84 Å². The van der Waals surface area contributed by atoms with Gasteiger partial charge in [-0.1, -0.05) is 24.6 Å². The molecule has 3 nitrogen and oxygen atoms in total. The Morgan fingerprint density at radius 2 is 2.12 bits per heavy atom. The van der Waals surface area contributed by atoms with Gasteiger partial charge in [-0.3, -0.25) is 0 Å². The maximum atomic E-state index is 11.9. The second-order valence-electron chi connectivity index (χ2n) is 3.94. The Balaban J connectivity index is 3.02. The van der Waals surface area contributed by atoms with E-state index in [-0.39, 0.29) is 11.0 Å². The van der Waals surface area contributed by atoms with Crippen LogP contribution in [0.5, 0.6) is 0 Å². The van der Waals surface area contributed by atoms with Crippen molar-refractivity contribution in [3.05, 3.63) is 34.3 Å². The summed E-state index contributed by atoms with van der Waals surface area (Å²) in [6, 6.07) is 6.62. The van der Waals surface area contributed by atoms with Crippen LogP contribution in [0.25, 0.3) is 0 Å². The van der Waals surface area contributed by atoms with Gasteiger partial charge in [0.25, 0.3) is 0 Å². The molecule has 0 aliphatic heterocycles. The summed E-state index contributed by atoms with van der Waals surface area (Å²) in [5.41, 5.74) is 0.977. The number of rotatable bonds is 4. The first-order chi connectivity index (χ1) is 7.90. The highest BCUT2D eigenvalue weighted by Gasteiger charge is 2.20. The van der Waals surface area contributed by atoms with E-state index in [0.29, 0.717) is 22.6 Å². The number of sulfone groups is 1. The van der Waals surface area contributed by atoms with E-state index in [0.717, 1.165) is 0 Å². The maximum absolute atomic E-state index is 11.9. The van der Waals surface area contributed by atoms with Crippen LogP contribution < -0.4 is 0 Å². The zero-order chi connectivity index (χ0) is 13.1. The number of benzene rings is 1. The second kappa shape index (κ2) is 5.52. The third-order valence-electron chi connectivity index (χ3n) is 2.73. The van der Waals surface area contributed by atoms with Gasteiger partial charge in [0, 0.05) is 5.02 Å². The molecule has 0 amide bonds. The number of halogens is 1. The predicted molar refractivity (Wildman–Crippen MR) is 68.5 cm³/mol. The standard InChI is InChI=1S/C12H14ClNO2S/c1-3-9(2)17(15,16)8-11-5-4-10(7-14)6-12(11)13/h4-6,9H,3,8H2,1-2H3. The van der Waals surface area contributed by atoms with Crippen molar-refractivity contribution < 1.29 is 8.42 Å². The minimum Gasteiger partial charge on any atom is -0.228 e. The van der Waals surface area contributed by atoms with E-state index in [4.69, 9.17) is 16.9 Å². The number of hydrogen-bond acceptors (Lipinski definition) is 3. The summed E-state index contributed by atoms with van der Waals surface area (Å²) in [4.78, 5) is 0. The van der Waals surface area contributed by atoms with Crippen molar-refractivity contribution in [2.75, 3.05) is 0 Å². The van der Waals surface area contributed by atoms with E-state index in [1.54, 1.807) is 19.1 Å². The van der Waals surface area contributed by atoms with Crippen molar-refractivity contribution in [2.45, 2.75) is 31.3 Å². The van der Waals surface area contributed by atoms with Crippen LogP contribution in [-0.4, -0.2) is 13.7 Å². The van der Waals surface area contributed by atoms with E-state index < -0.39 is 9.84 Å². The number of nitrogens with zero attached hydrogens (tertiary/aromatic N) is 1. The monoisotopic (exact) mass is 271 g/mol.